The largest absolute Gasteiger partial charge is 0.338 e. The summed E-state index contributed by atoms with van der Waals surface area (Å²) in [4.78, 5) is 25.6. The van der Waals surface area contributed by atoms with Crippen LogP contribution in [0.4, 0.5) is 9.59 Å². The molecule has 1 saturated heterocycles. The number of likely N-dealkylation sites (tertiary alicyclic amines) is 1. The number of nitrogens with one attached hydrogen (secondary N) is 3. The van der Waals surface area contributed by atoms with E-state index in [0.717, 1.165) is 12.8 Å². The van der Waals surface area contributed by atoms with Crippen molar-refractivity contribution in [2.75, 3.05) is 19.6 Å². The number of urea groups is 2. The van der Waals surface area contributed by atoms with Gasteiger partial charge >= 0.3 is 12.1 Å². The fourth-order valence-electron chi connectivity index (χ4n) is 3.14. The molecule has 0 radical (unpaired) electrons. The van der Waals surface area contributed by atoms with E-state index in [1.165, 1.54) is 5.56 Å². The Balaban J connectivity index is 1.40. The van der Waals surface area contributed by atoms with Gasteiger partial charge < -0.3 is 20.9 Å². The minimum Gasteiger partial charge on any atom is -0.338 e. The summed E-state index contributed by atoms with van der Waals surface area (Å²) in [6.45, 7) is 3.78. The number of hydrogen-bond acceptors (Lipinski definition) is 2. The Bertz CT molecular complexity index is 563. The molecule has 1 aromatic carbocycles. The van der Waals surface area contributed by atoms with Gasteiger partial charge in [0.05, 0.1) is 0 Å². The summed E-state index contributed by atoms with van der Waals surface area (Å²) in [5, 5.41) is 8.79. The second kappa shape index (κ2) is 6.89. The molecule has 0 spiro atoms. The van der Waals surface area contributed by atoms with Crippen LogP contribution >= 0.6 is 0 Å². The number of nitrogens with zero attached hydrogens (tertiary/aromatic N) is 1. The van der Waals surface area contributed by atoms with Gasteiger partial charge in [-0.1, -0.05) is 30.3 Å². The maximum Gasteiger partial charge on any atom is 0.317 e. The number of hydrogen-bond donors (Lipinski definition) is 3. The van der Waals surface area contributed by atoms with E-state index in [0.29, 0.717) is 25.6 Å². The van der Waals surface area contributed by atoms with Gasteiger partial charge in [-0.3, -0.25) is 0 Å². The van der Waals surface area contributed by atoms with Crippen LogP contribution in [0.1, 0.15) is 31.2 Å². The van der Waals surface area contributed by atoms with Crippen LogP contribution in [-0.4, -0.2) is 48.7 Å². The zero-order chi connectivity index (χ0) is 16.2. The van der Waals surface area contributed by atoms with Crippen molar-refractivity contribution < 1.29 is 9.59 Å². The van der Waals surface area contributed by atoms with Crippen LogP contribution in [0.25, 0.3) is 0 Å². The first-order valence-electron chi connectivity index (χ1n) is 8.32. The smallest absolute Gasteiger partial charge is 0.317 e. The highest BCUT2D eigenvalue weighted by Gasteiger charge is 2.39. The molecule has 3 N–H and O–H groups in total. The summed E-state index contributed by atoms with van der Waals surface area (Å²) >= 11 is 0. The first-order valence-corrected chi connectivity index (χ1v) is 8.32. The molecule has 124 valence electrons. The molecule has 6 nitrogen and oxygen atoms in total. The predicted molar refractivity (Wildman–Crippen MR) is 88.3 cm³/mol. The number of rotatable bonds is 4. The molecule has 2 aliphatic rings. The lowest BCUT2D eigenvalue weighted by Gasteiger charge is -2.17. The fourth-order valence-corrected chi connectivity index (χ4v) is 3.14. The molecular formula is C17H24N4O2. The van der Waals surface area contributed by atoms with Gasteiger partial charge in [-0.15, -0.1) is 0 Å². The zero-order valence-electron chi connectivity index (χ0n) is 13.4. The van der Waals surface area contributed by atoms with Crippen molar-refractivity contribution in [1.82, 2.24) is 20.9 Å². The van der Waals surface area contributed by atoms with Crippen LogP contribution in [0.3, 0.4) is 0 Å². The van der Waals surface area contributed by atoms with E-state index >= 15 is 0 Å². The first kappa shape index (κ1) is 15.6. The second-order valence-electron chi connectivity index (χ2n) is 6.24. The molecule has 0 unspecified atom stereocenters. The Morgan fingerprint density at radius 1 is 1.22 bits per heavy atom. The third-order valence-electron chi connectivity index (χ3n) is 4.47. The van der Waals surface area contributed by atoms with Crippen LogP contribution < -0.4 is 16.0 Å². The lowest BCUT2D eigenvalue weighted by molar-refractivity contribution is 0.207. The van der Waals surface area contributed by atoms with E-state index in [4.69, 9.17) is 0 Å². The van der Waals surface area contributed by atoms with E-state index in [1.807, 2.05) is 25.1 Å². The third-order valence-corrected chi connectivity index (χ3v) is 4.47. The van der Waals surface area contributed by atoms with Crippen LogP contribution in [-0.2, 0) is 0 Å². The summed E-state index contributed by atoms with van der Waals surface area (Å²) in [6.07, 6.45) is 1.80. The molecule has 1 saturated carbocycles. The third kappa shape index (κ3) is 3.94. The number of amides is 4. The Kier molecular flexibility index (Phi) is 4.69. The molecule has 0 aromatic heterocycles. The molecule has 0 bridgehead atoms. The Hall–Kier alpha value is -2.24. The van der Waals surface area contributed by atoms with Gasteiger partial charge in [-0.05, 0) is 25.3 Å². The quantitative estimate of drug-likeness (QED) is 0.790. The predicted octanol–water partition coefficient (Wildman–Crippen LogP) is 1.65. The minimum absolute atomic E-state index is 0.0338. The normalized spacial score (nSPS) is 25.8. The van der Waals surface area contributed by atoms with E-state index in [9.17, 15) is 9.59 Å². The van der Waals surface area contributed by atoms with E-state index in [2.05, 4.69) is 28.1 Å². The van der Waals surface area contributed by atoms with Crippen LogP contribution in [0.2, 0.25) is 0 Å². The second-order valence-corrected chi connectivity index (χ2v) is 6.24. The highest BCUT2D eigenvalue weighted by atomic mass is 16.2. The van der Waals surface area contributed by atoms with Gasteiger partial charge in [0, 0.05) is 37.6 Å². The van der Waals surface area contributed by atoms with Crippen molar-refractivity contribution in [2.24, 2.45) is 0 Å². The molecule has 23 heavy (non-hydrogen) atoms. The lowest BCUT2D eigenvalue weighted by atomic mass is 10.1. The van der Waals surface area contributed by atoms with Crippen molar-refractivity contribution in [1.29, 1.82) is 0 Å². The average molecular weight is 316 g/mol. The van der Waals surface area contributed by atoms with Gasteiger partial charge in [0.15, 0.2) is 0 Å². The molecule has 6 heteroatoms. The van der Waals surface area contributed by atoms with Gasteiger partial charge in [0.2, 0.25) is 0 Å². The SMILES string of the molecule is CCNC(=O)N1CC[C@H](NC(=O)N[C@H]2C[C@H]2c2ccccc2)C1. The van der Waals surface area contributed by atoms with Gasteiger partial charge in [0.1, 0.15) is 0 Å². The fraction of sp³-hybridized carbons (Fsp3) is 0.529. The van der Waals surface area contributed by atoms with Crippen molar-refractivity contribution >= 4 is 12.1 Å². The number of carbonyl (C=O) groups is 2. The Morgan fingerprint density at radius 3 is 2.74 bits per heavy atom. The monoisotopic (exact) mass is 316 g/mol. The molecule has 3 rings (SSSR count). The highest BCUT2D eigenvalue weighted by molar-refractivity contribution is 5.76. The molecule has 2 fully saturated rings. The minimum atomic E-state index is -0.129. The Labute approximate surface area is 136 Å². The van der Waals surface area contributed by atoms with Crippen molar-refractivity contribution in [2.45, 2.75) is 37.8 Å². The summed E-state index contributed by atoms with van der Waals surface area (Å²) in [5.41, 5.74) is 1.28. The standard InChI is InChI=1S/C17H24N4O2/c1-2-18-17(23)21-9-8-13(11-21)19-16(22)20-15-10-14(15)12-6-4-3-5-7-12/h3-7,13-15H,2,8-11H2,1H3,(H,18,23)(H2,19,20,22)/t13-,14-,15-/m0/s1. The van der Waals surface area contributed by atoms with Gasteiger partial charge in [-0.2, -0.15) is 0 Å². The van der Waals surface area contributed by atoms with E-state index in [1.54, 1.807) is 4.90 Å². The number of carbonyl (C=O) groups excluding carboxylic acids is 2. The van der Waals surface area contributed by atoms with Crippen LogP contribution in [0.15, 0.2) is 30.3 Å². The summed E-state index contributed by atoms with van der Waals surface area (Å²) < 4.78 is 0. The molecule has 3 atom stereocenters. The van der Waals surface area contributed by atoms with Gasteiger partial charge in [0.25, 0.3) is 0 Å². The highest BCUT2D eigenvalue weighted by Crippen LogP contribution is 2.40. The number of benzene rings is 1. The summed E-state index contributed by atoms with van der Waals surface area (Å²) in [5.74, 6) is 0.428. The van der Waals surface area contributed by atoms with E-state index < -0.39 is 0 Å². The van der Waals surface area contributed by atoms with Crippen LogP contribution in [0.5, 0.6) is 0 Å². The lowest BCUT2D eigenvalue weighted by Crippen LogP contribution is -2.45. The average Bonchev–Trinajstić information content (AvgIpc) is 3.15. The topological polar surface area (TPSA) is 73.5 Å². The van der Waals surface area contributed by atoms with Crippen molar-refractivity contribution in [3.05, 3.63) is 35.9 Å². The van der Waals surface area contributed by atoms with Crippen molar-refractivity contribution in [3.8, 4) is 0 Å². The summed E-state index contributed by atoms with van der Waals surface area (Å²) in [6, 6.07) is 10.3. The Morgan fingerprint density at radius 2 is 2.00 bits per heavy atom. The zero-order valence-corrected chi connectivity index (χ0v) is 13.4. The molecule has 1 aliphatic heterocycles. The maximum atomic E-state index is 12.1. The summed E-state index contributed by atoms with van der Waals surface area (Å²) in [7, 11) is 0. The molecule has 1 aromatic rings. The molecule has 1 aliphatic carbocycles. The molecular weight excluding hydrogens is 292 g/mol. The van der Waals surface area contributed by atoms with Crippen LogP contribution in [0, 0.1) is 0 Å². The van der Waals surface area contributed by atoms with Crippen molar-refractivity contribution in [3.63, 3.8) is 0 Å². The molecule has 1 heterocycles. The van der Waals surface area contributed by atoms with E-state index in [-0.39, 0.29) is 24.1 Å². The first-order chi connectivity index (χ1) is 11.2. The van der Waals surface area contributed by atoms with Gasteiger partial charge in [-0.25, -0.2) is 9.59 Å². The molecule has 4 amide bonds. The maximum absolute atomic E-state index is 12.1.